The number of rotatable bonds is 3. The zero-order valence-electron chi connectivity index (χ0n) is 9.45. The van der Waals surface area contributed by atoms with E-state index in [-0.39, 0.29) is 11.4 Å². The van der Waals surface area contributed by atoms with Crippen LogP contribution in [0.1, 0.15) is 6.42 Å². The first-order valence-corrected chi connectivity index (χ1v) is 5.42. The van der Waals surface area contributed by atoms with Crippen LogP contribution in [0.25, 0.3) is 0 Å². The molecule has 3 nitrogen and oxygen atoms in total. The van der Waals surface area contributed by atoms with E-state index in [4.69, 9.17) is 10.5 Å². The molecule has 2 rings (SSSR count). The van der Waals surface area contributed by atoms with Crippen molar-refractivity contribution >= 4 is 5.69 Å². The highest BCUT2D eigenvalue weighted by molar-refractivity contribution is 5.45. The van der Waals surface area contributed by atoms with Gasteiger partial charge in [-0.1, -0.05) is 0 Å². The predicted octanol–water partition coefficient (Wildman–Crippen LogP) is 1.38. The standard InChI is InChI=1S/C12H17FN2O/c1-15(8-12(14)6-7-16-9-12)11-4-2-10(13)3-5-11/h2-5H,6-9,14H2,1H3. The minimum Gasteiger partial charge on any atom is -0.379 e. The second-order valence-corrected chi connectivity index (χ2v) is 4.50. The molecular formula is C12H17FN2O. The van der Waals surface area contributed by atoms with Crippen molar-refractivity contribution in [3.8, 4) is 0 Å². The summed E-state index contributed by atoms with van der Waals surface area (Å²) in [6.07, 6.45) is 0.874. The quantitative estimate of drug-likeness (QED) is 0.843. The Morgan fingerprint density at radius 1 is 1.44 bits per heavy atom. The molecule has 1 aliphatic heterocycles. The van der Waals surface area contributed by atoms with Crippen molar-refractivity contribution in [2.45, 2.75) is 12.0 Å². The summed E-state index contributed by atoms with van der Waals surface area (Å²) in [4.78, 5) is 2.04. The molecule has 0 aromatic heterocycles. The van der Waals surface area contributed by atoms with Gasteiger partial charge in [-0.2, -0.15) is 0 Å². The van der Waals surface area contributed by atoms with Gasteiger partial charge in [0.1, 0.15) is 5.82 Å². The fourth-order valence-corrected chi connectivity index (χ4v) is 2.01. The molecule has 88 valence electrons. The molecule has 1 unspecified atom stereocenters. The van der Waals surface area contributed by atoms with Gasteiger partial charge >= 0.3 is 0 Å². The van der Waals surface area contributed by atoms with E-state index < -0.39 is 0 Å². The Labute approximate surface area is 95.0 Å². The van der Waals surface area contributed by atoms with E-state index in [9.17, 15) is 4.39 Å². The lowest BCUT2D eigenvalue weighted by molar-refractivity contribution is 0.179. The normalized spacial score (nSPS) is 24.7. The summed E-state index contributed by atoms with van der Waals surface area (Å²) < 4.78 is 18.1. The molecule has 1 aliphatic rings. The van der Waals surface area contributed by atoms with Crippen LogP contribution in [0.2, 0.25) is 0 Å². The average Bonchev–Trinajstić information content (AvgIpc) is 2.65. The van der Waals surface area contributed by atoms with Crippen LogP contribution in [0.5, 0.6) is 0 Å². The van der Waals surface area contributed by atoms with Crippen molar-refractivity contribution < 1.29 is 9.13 Å². The topological polar surface area (TPSA) is 38.5 Å². The molecule has 2 N–H and O–H groups in total. The molecule has 1 saturated heterocycles. The third-order valence-electron chi connectivity index (χ3n) is 2.95. The SMILES string of the molecule is CN(CC1(N)CCOC1)c1ccc(F)cc1. The summed E-state index contributed by atoms with van der Waals surface area (Å²) in [5, 5.41) is 0. The number of halogens is 1. The van der Waals surface area contributed by atoms with Crippen LogP contribution in [0.15, 0.2) is 24.3 Å². The van der Waals surface area contributed by atoms with Gasteiger partial charge in [0.15, 0.2) is 0 Å². The predicted molar refractivity (Wildman–Crippen MR) is 62.0 cm³/mol. The summed E-state index contributed by atoms with van der Waals surface area (Å²) in [6.45, 7) is 2.05. The molecule has 0 radical (unpaired) electrons. The summed E-state index contributed by atoms with van der Waals surface area (Å²) in [5.74, 6) is -0.219. The molecule has 1 atom stereocenters. The summed E-state index contributed by atoms with van der Waals surface area (Å²) in [6, 6.07) is 6.43. The molecule has 0 aliphatic carbocycles. The van der Waals surface area contributed by atoms with Crippen LogP contribution in [0.3, 0.4) is 0 Å². The van der Waals surface area contributed by atoms with Gasteiger partial charge in [0.2, 0.25) is 0 Å². The van der Waals surface area contributed by atoms with E-state index in [1.54, 1.807) is 12.1 Å². The Kier molecular flexibility index (Phi) is 3.12. The van der Waals surface area contributed by atoms with Gasteiger partial charge in [-0.3, -0.25) is 0 Å². The van der Waals surface area contributed by atoms with Crippen LogP contribution in [0, 0.1) is 5.82 Å². The third kappa shape index (κ3) is 2.51. The van der Waals surface area contributed by atoms with Gasteiger partial charge in [0.25, 0.3) is 0 Å². The van der Waals surface area contributed by atoms with Gasteiger partial charge in [-0.25, -0.2) is 4.39 Å². The first kappa shape index (κ1) is 11.4. The van der Waals surface area contributed by atoms with E-state index in [1.165, 1.54) is 12.1 Å². The van der Waals surface area contributed by atoms with E-state index >= 15 is 0 Å². The van der Waals surface area contributed by atoms with Crippen LogP contribution in [-0.2, 0) is 4.74 Å². The Morgan fingerprint density at radius 3 is 2.69 bits per heavy atom. The molecule has 0 bridgehead atoms. The molecule has 0 amide bonds. The summed E-state index contributed by atoms with van der Waals surface area (Å²) in [7, 11) is 1.96. The van der Waals surface area contributed by atoms with E-state index in [0.29, 0.717) is 6.61 Å². The maximum atomic E-state index is 12.8. The molecule has 1 heterocycles. The summed E-state index contributed by atoms with van der Waals surface area (Å²) >= 11 is 0. The zero-order valence-corrected chi connectivity index (χ0v) is 9.45. The second kappa shape index (κ2) is 4.39. The van der Waals surface area contributed by atoms with Gasteiger partial charge in [0, 0.05) is 25.9 Å². The monoisotopic (exact) mass is 224 g/mol. The molecular weight excluding hydrogens is 207 g/mol. The lowest BCUT2D eigenvalue weighted by Gasteiger charge is -2.29. The largest absolute Gasteiger partial charge is 0.379 e. The van der Waals surface area contributed by atoms with Gasteiger partial charge in [0.05, 0.1) is 12.1 Å². The number of likely N-dealkylation sites (N-methyl/N-ethyl adjacent to an activating group) is 1. The second-order valence-electron chi connectivity index (χ2n) is 4.50. The Hall–Kier alpha value is -1.13. The van der Waals surface area contributed by atoms with Gasteiger partial charge in [-0.15, -0.1) is 0 Å². The third-order valence-corrected chi connectivity index (χ3v) is 2.95. The Morgan fingerprint density at radius 2 is 2.12 bits per heavy atom. The average molecular weight is 224 g/mol. The number of benzene rings is 1. The number of nitrogens with zero attached hydrogens (tertiary/aromatic N) is 1. The fraction of sp³-hybridized carbons (Fsp3) is 0.500. The summed E-state index contributed by atoms with van der Waals surface area (Å²) in [5.41, 5.74) is 6.88. The molecule has 0 saturated carbocycles. The highest BCUT2D eigenvalue weighted by Crippen LogP contribution is 2.20. The number of hydrogen-bond donors (Lipinski definition) is 1. The minimum absolute atomic E-state index is 0.219. The van der Waals surface area contributed by atoms with Gasteiger partial charge in [-0.05, 0) is 30.7 Å². The lowest BCUT2D eigenvalue weighted by atomic mass is 9.99. The van der Waals surface area contributed by atoms with Crippen LogP contribution >= 0.6 is 0 Å². The molecule has 1 aromatic carbocycles. The first-order valence-electron chi connectivity index (χ1n) is 5.42. The number of ether oxygens (including phenoxy) is 1. The van der Waals surface area contributed by atoms with Crippen LogP contribution in [0.4, 0.5) is 10.1 Å². The van der Waals surface area contributed by atoms with Crippen molar-refractivity contribution in [2.75, 3.05) is 31.7 Å². The lowest BCUT2D eigenvalue weighted by Crippen LogP contribution is -2.50. The first-order chi connectivity index (χ1) is 7.59. The molecule has 4 heteroatoms. The van der Waals surface area contributed by atoms with Crippen molar-refractivity contribution in [3.05, 3.63) is 30.1 Å². The van der Waals surface area contributed by atoms with E-state index in [1.807, 2.05) is 11.9 Å². The van der Waals surface area contributed by atoms with Crippen molar-refractivity contribution in [1.29, 1.82) is 0 Å². The maximum Gasteiger partial charge on any atom is 0.123 e. The number of anilines is 1. The Bertz CT molecular complexity index is 347. The van der Waals surface area contributed by atoms with Crippen LogP contribution < -0.4 is 10.6 Å². The number of hydrogen-bond acceptors (Lipinski definition) is 3. The highest BCUT2D eigenvalue weighted by atomic mass is 19.1. The van der Waals surface area contributed by atoms with Crippen molar-refractivity contribution in [3.63, 3.8) is 0 Å². The smallest absolute Gasteiger partial charge is 0.123 e. The zero-order chi connectivity index (χ0) is 11.6. The van der Waals surface area contributed by atoms with Crippen molar-refractivity contribution in [1.82, 2.24) is 0 Å². The molecule has 1 aromatic rings. The van der Waals surface area contributed by atoms with Gasteiger partial charge < -0.3 is 15.4 Å². The highest BCUT2D eigenvalue weighted by Gasteiger charge is 2.31. The van der Waals surface area contributed by atoms with Crippen molar-refractivity contribution in [2.24, 2.45) is 5.73 Å². The minimum atomic E-state index is -0.275. The Balaban J connectivity index is 2.02. The molecule has 0 spiro atoms. The molecule has 1 fully saturated rings. The number of nitrogens with two attached hydrogens (primary N) is 1. The van der Waals surface area contributed by atoms with Crippen LogP contribution in [-0.4, -0.2) is 32.3 Å². The fourth-order valence-electron chi connectivity index (χ4n) is 2.01. The van der Waals surface area contributed by atoms with E-state index in [2.05, 4.69) is 0 Å². The molecule has 16 heavy (non-hydrogen) atoms. The maximum absolute atomic E-state index is 12.8. The van der Waals surface area contributed by atoms with E-state index in [0.717, 1.165) is 25.3 Å².